The van der Waals surface area contributed by atoms with Crippen LogP contribution in [-0.2, 0) is 0 Å². The summed E-state index contributed by atoms with van der Waals surface area (Å²) in [6.07, 6.45) is 0. The van der Waals surface area contributed by atoms with E-state index < -0.39 is 0 Å². The summed E-state index contributed by atoms with van der Waals surface area (Å²) in [4.78, 5) is 2.44. The molecule has 0 atom stereocenters. The van der Waals surface area contributed by atoms with Gasteiger partial charge in [0.15, 0.2) is 11.8 Å². The van der Waals surface area contributed by atoms with Crippen molar-refractivity contribution in [3.8, 4) is 22.9 Å². The zero-order valence-electron chi connectivity index (χ0n) is 7.78. The SMILES string of the molecule is Cc1cccc(-c2cc(O)[nH]c2O)c1. The number of benzene rings is 1. The van der Waals surface area contributed by atoms with Crippen molar-refractivity contribution < 1.29 is 10.2 Å². The van der Waals surface area contributed by atoms with Crippen LogP contribution in [0.1, 0.15) is 5.56 Å². The lowest BCUT2D eigenvalue weighted by Crippen LogP contribution is -1.76. The van der Waals surface area contributed by atoms with Crippen molar-refractivity contribution in [3.05, 3.63) is 35.9 Å². The Morgan fingerprint density at radius 1 is 1.14 bits per heavy atom. The molecule has 0 saturated carbocycles. The van der Waals surface area contributed by atoms with Gasteiger partial charge in [-0.2, -0.15) is 0 Å². The van der Waals surface area contributed by atoms with Gasteiger partial charge in [0.05, 0.1) is 0 Å². The molecule has 0 aliphatic carbocycles. The molecule has 0 saturated heterocycles. The maximum atomic E-state index is 9.46. The van der Waals surface area contributed by atoms with Gasteiger partial charge in [0, 0.05) is 11.6 Å². The second kappa shape index (κ2) is 3.10. The maximum absolute atomic E-state index is 9.46. The van der Waals surface area contributed by atoms with Crippen LogP contribution in [0.25, 0.3) is 11.1 Å². The fraction of sp³-hybridized carbons (Fsp3) is 0.0909. The lowest BCUT2D eigenvalue weighted by Gasteiger charge is -1.99. The molecular weight excluding hydrogens is 178 g/mol. The molecule has 2 rings (SSSR count). The topological polar surface area (TPSA) is 56.2 Å². The van der Waals surface area contributed by atoms with Crippen molar-refractivity contribution in [2.45, 2.75) is 6.92 Å². The van der Waals surface area contributed by atoms with Crippen LogP contribution in [0.4, 0.5) is 0 Å². The molecule has 0 aliphatic heterocycles. The van der Waals surface area contributed by atoms with E-state index in [1.54, 1.807) is 0 Å². The van der Waals surface area contributed by atoms with Gasteiger partial charge in [0.2, 0.25) is 0 Å². The Morgan fingerprint density at radius 3 is 2.50 bits per heavy atom. The van der Waals surface area contributed by atoms with E-state index >= 15 is 0 Å². The number of hydrogen-bond acceptors (Lipinski definition) is 2. The van der Waals surface area contributed by atoms with E-state index in [0.29, 0.717) is 5.56 Å². The predicted molar refractivity (Wildman–Crippen MR) is 54.3 cm³/mol. The molecule has 0 spiro atoms. The minimum atomic E-state index is -0.0287. The van der Waals surface area contributed by atoms with Gasteiger partial charge < -0.3 is 10.2 Å². The van der Waals surface area contributed by atoms with E-state index in [4.69, 9.17) is 5.11 Å². The summed E-state index contributed by atoms with van der Waals surface area (Å²) in [7, 11) is 0. The van der Waals surface area contributed by atoms with E-state index in [9.17, 15) is 5.11 Å². The quantitative estimate of drug-likeness (QED) is 0.645. The Morgan fingerprint density at radius 2 is 1.93 bits per heavy atom. The first-order valence-corrected chi connectivity index (χ1v) is 4.35. The summed E-state index contributed by atoms with van der Waals surface area (Å²) in [6.45, 7) is 1.98. The maximum Gasteiger partial charge on any atom is 0.199 e. The Kier molecular flexibility index (Phi) is 1.93. The normalized spacial score (nSPS) is 10.4. The summed E-state index contributed by atoms with van der Waals surface area (Å²) < 4.78 is 0. The Balaban J connectivity index is 2.54. The molecule has 3 heteroatoms. The molecule has 0 amide bonds. The first-order chi connectivity index (χ1) is 6.66. The number of nitrogens with one attached hydrogen (secondary N) is 1. The lowest BCUT2D eigenvalue weighted by atomic mass is 10.1. The van der Waals surface area contributed by atoms with Gasteiger partial charge in [-0.05, 0) is 12.5 Å². The summed E-state index contributed by atoms with van der Waals surface area (Å²) >= 11 is 0. The number of rotatable bonds is 1. The molecule has 0 aliphatic rings. The van der Waals surface area contributed by atoms with Crippen molar-refractivity contribution in [2.75, 3.05) is 0 Å². The van der Waals surface area contributed by atoms with Crippen molar-refractivity contribution in [2.24, 2.45) is 0 Å². The van der Waals surface area contributed by atoms with Crippen LogP contribution >= 0.6 is 0 Å². The molecular formula is C11H11NO2. The fourth-order valence-corrected chi connectivity index (χ4v) is 1.46. The van der Waals surface area contributed by atoms with Gasteiger partial charge in [-0.15, -0.1) is 0 Å². The number of aryl methyl sites for hydroxylation is 1. The molecule has 1 aromatic heterocycles. The second-order valence-corrected chi connectivity index (χ2v) is 3.29. The van der Waals surface area contributed by atoms with E-state index in [0.717, 1.165) is 11.1 Å². The highest BCUT2D eigenvalue weighted by atomic mass is 16.3. The van der Waals surface area contributed by atoms with E-state index in [1.807, 2.05) is 31.2 Å². The molecule has 0 unspecified atom stereocenters. The summed E-state index contributed by atoms with van der Waals surface area (Å²) in [5.74, 6) is -0.0351. The van der Waals surface area contributed by atoms with Crippen LogP contribution in [0.2, 0.25) is 0 Å². The number of H-pyrrole nitrogens is 1. The molecule has 0 fully saturated rings. The third-order valence-electron chi connectivity index (χ3n) is 2.11. The highest BCUT2D eigenvalue weighted by molar-refractivity contribution is 5.70. The predicted octanol–water partition coefficient (Wildman–Crippen LogP) is 2.40. The van der Waals surface area contributed by atoms with Crippen LogP contribution in [0.3, 0.4) is 0 Å². The molecule has 3 N–H and O–H groups in total. The molecule has 14 heavy (non-hydrogen) atoms. The molecule has 0 radical (unpaired) electrons. The van der Waals surface area contributed by atoms with Crippen LogP contribution in [0, 0.1) is 6.92 Å². The molecule has 1 heterocycles. The van der Waals surface area contributed by atoms with Gasteiger partial charge in [-0.25, -0.2) is 0 Å². The molecule has 72 valence electrons. The number of hydrogen-bond donors (Lipinski definition) is 3. The van der Waals surface area contributed by atoms with Crippen LogP contribution in [0.5, 0.6) is 11.8 Å². The monoisotopic (exact) mass is 189 g/mol. The zero-order valence-corrected chi connectivity index (χ0v) is 7.78. The Labute approximate surface area is 81.7 Å². The summed E-state index contributed by atoms with van der Waals surface area (Å²) in [5.41, 5.74) is 2.62. The largest absolute Gasteiger partial charge is 0.494 e. The first kappa shape index (κ1) is 8.69. The second-order valence-electron chi connectivity index (χ2n) is 3.29. The van der Waals surface area contributed by atoms with E-state index in [-0.39, 0.29) is 11.8 Å². The average molecular weight is 189 g/mol. The average Bonchev–Trinajstić information content (AvgIpc) is 2.45. The summed E-state index contributed by atoms with van der Waals surface area (Å²) in [5, 5.41) is 18.6. The molecule has 0 bridgehead atoms. The van der Waals surface area contributed by atoms with Crippen molar-refractivity contribution in [3.63, 3.8) is 0 Å². The minimum absolute atomic E-state index is 0.00639. The first-order valence-electron chi connectivity index (χ1n) is 4.35. The smallest absolute Gasteiger partial charge is 0.199 e. The molecule has 2 aromatic rings. The van der Waals surface area contributed by atoms with Gasteiger partial charge >= 0.3 is 0 Å². The van der Waals surface area contributed by atoms with Crippen molar-refractivity contribution in [1.82, 2.24) is 4.98 Å². The van der Waals surface area contributed by atoms with Gasteiger partial charge in [0.1, 0.15) is 0 Å². The number of aromatic nitrogens is 1. The molecule has 1 aromatic carbocycles. The van der Waals surface area contributed by atoms with Crippen LogP contribution in [-0.4, -0.2) is 15.2 Å². The molecule has 3 nitrogen and oxygen atoms in total. The van der Waals surface area contributed by atoms with Crippen LogP contribution < -0.4 is 0 Å². The highest BCUT2D eigenvalue weighted by Crippen LogP contribution is 2.32. The van der Waals surface area contributed by atoms with Gasteiger partial charge in [-0.1, -0.05) is 29.8 Å². The van der Waals surface area contributed by atoms with Crippen LogP contribution in [0.15, 0.2) is 30.3 Å². The fourth-order valence-electron chi connectivity index (χ4n) is 1.46. The highest BCUT2D eigenvalue weighted by Gasteiger charge is 2.08. The van der Waals surface area contributed by atoms with Gasteiger partial charge in [-0.3, -0.25) is 4.98 Å². The Hall–Kier alpha value is -1.90. The Bertz CT molecular complexity index is 460. The third-order valence-corrected chi connectivity index (χ3v) is 2.11. The van der Waals surface area contributed by atoms with Crippen molar-refractivity contribution in [1.29, 1.82) is 0 Å². The standard InChI is InChI=1S/C11H11NO2/c1-7-3-2-4-8(5-7)9-6-10(13)12-11(9)14/h2-6,12-14H,1H3. The summed E-state index contributed by atoms with van der Waals surface area (Å²) in [6, 6.07) is 9.23. The van der Waals surface area contributed by atoms with E-state index in [1.165, 1.54) is 6.07 Å². The number of aromatic hydroxyl groups is 2. The minimum Gasteiger partial charge on any atom is -0.494 e. The van der Waals surface area contributed by atoms with Gasteiger partial charge in [0.25, 0.3) is 0 Å². The lowest BCUT2D eigenvalue weighted by molar-refractivity contribution is 0.426. The zero-order chi connectivity index (χ0) is 10.1. The van der Waals surface area contributed by atoms with Crippen molar-refractivity contribution >= 4 is 0 Å². The number of aromatic amines is 1. The third kappa shape index (κ3) is 1.44. The van der Waals surface area contributed by atoms with E-state index in [2.05, 4.69) is 4.98 Å².